The van der Waals surface area contributed by atoms with Gasteiger partial charge in [0.2, 0.25) is 5.91 Å². The number of benzene rings is 1. The Hall–Kier alpha value is -2.37. The molecule has 0 atom stereocenters. The Labute approximate surface area is 167 Å². The van der Waals surface area contributed by atoms with Crippen molar-refractivity contribution in [1.29, 1.82) is 0 Å². The number of hydrogen-bond acceptors (Lipinski definition) is 4. The van der Waals surface area contributed by atoms with E-state index in [0.717, 1.165) is 42.5 Å². The summed E-state index contributed by atoms with van der Waals surface area (Å²) >= 11 is 0. The zero-order valence-electron chi connectivity index (χ0n) is 17.7. The third kappa shape index (κ3) is 6.36. The van der Waals surface area contributed by atoms with Crippen LogP contribution in [0.25, 0.3) is 11.0 Å². The number of fused-ring (bicyclic) bond motifs is 1. The molecule has 1 aromatic carbocycles. The summed E-state index contributed by atoms with van der Waals surface area (Å²) in [5.41, 5.74) is 1.50. The fraction of sp³-hybridized carbons (Fsp3) is 0.591. The fourth-order valence-electron chi connectivity index (χ4n) is 2.97. The monoisotopic (exact) mass is 387 g/mol. The maximum absolute atomic E-state index is 12.2. The van der Waals surface area contributed by atoms with E-state index in [1.54, 1.807) is 0 Å². The van der Waals surface area contributed by atoms with Gasteiger partial charge < -0.3 is 14.6 Å². The van der Waals surface area contributed by atoms with Gasteiger partial charge in [0.25, 0.3) is 0 Å². The van der Waals surface area contributed by atoms with Gasteiger partial charge in [0, 0.05) is 18.4 Å². The number of carbonyl (C=O) groups is 2. The molecule has 0 saturated heterocycles. The van der Waals surface area contributed by atoms with Gasteiger partial charge >= 0.3 is 5.97 Å². The number of ether oxygens (including phenoxy) is 1. The molecule has 0 saturated carbocycles. The molecule has 0 aliphatic heterocycles. The lowest BCUT2D eigenvalue weighted by molar-refractivity contribution is -0.148. The molecule has 154 valence electrons. The van der Waals surface area contributed by atoms with Crippen LogP contribution < -0.4 is 5.32 Å². The van der Waals surface area contributed by atoms with Crippen molar-refractivity contribution in [1.82, 2.24) is 14.9 Å². The third-order valence-corrected chi connectivity index (χ3v) is 4.43. The molecule has 1 amide bonds. The molecule has 6 heteroatoms. The maximum atomic E-state index is 12.2. The lowest BCUT2D eigenvalue weighted by Crippen LogP contribution is -2.35. The van der Waals surface area contributed by atoms with E-state index < -0.39 is 0 Å². The highest BCUT2D eigenvalue weighted by molar-refractivity contribution is 5.81. The molecule has 0 unspecified atom stereocenters. The Balaban J connectivity index is 1.92. The van der Waals surface area contributed by atoms with Crippen LogP contribution in [0.15, 0.2) is 24.3 Å². The van der Waals surface area contributed by atoms with Gasteiger partial charge in [-0.1, -0.05) is 39.3 Å². The number of nitrogens with one attached hydrogen (secondary N) is 1. The van der Waals surface area contributed by atoms with Gasteiger partial charge in [0.15, 0.2) is 0 Å². The van der Waals surface area contributed by atoms with E-state index >= 15 is 0 Å². The van der Waals surface area contributed by atoms with Crippen molar-refractivity contribution in [3.63, 3.8) is 0 Å². The van der Waals surface area contributed by atoms with E-state index in [1.165, 1.54) is 0 Å². The average molecular weight is 388 g/mol. The first-order valence-corrected chi connectivity index (χ1v) is 10.1. The highest BCUT2D eigenvalue weighted by atomic mass is 16.5. The summed E-state index contributed by atoms with van der Waals surface area (Å²) in [6.07, 6.45) is 3.53. The van der Waals surface area contributed by atoms with Gasteiger partial charge in [-0.2, -0.15) is 0 Å². The number of unbranched alkanes of at least 4 members (excludes halogenated alkanes) is 2. The fourth-order valence-corrected chi connectivity index (χ4v) is 2.97. The van der Waals surface area contributed by atoms with Crippen LogP contribution in [0.5, 0.6) is 0 Å². The molecule has 0 fully saturated rings. The molecular weight excluding hydrogens is 354 g/mol. The summed E-state index contributed by atoms with van der Waals surface area (Å²) in [7, 11) is 0. The number of carbonyl (C=O) groups excluding carboxylic acids is 2. The minimum Gasteiger partial charge on any atom is -0.462 e. The molecule has 6 nitrogen and oxygen atoms in total. The molecule has 0 aliphatic rings. The van der Waals surface area contributed by atoms with Gasteiger partial charge in [0.05, 0.1) is 17.1 Å². The summed E-state index contributed by atoms with van der Waals surface area (Å²) < 4.78 is 7.27. The van der Waals surface area contributed by atoms with E-state index in [4.69, 9.17) is 9.72 Å². The van der Waals surface area contributed by atoms with Crippen molar-refractivity contribution in [3.8, 4) is 0 Å². The van der Waals surface area contributed by atoms with E-state index in [1.807, 2.05) is 63.5 Å². The number of para-hydroxylation sites is 2. The molecule has 28 heavy (non-hydrogen) atoms. The van der Waals surface area contributed by atoms with E-state index in [0.29, 0.717) is 6.54 Å². The van der Waals surface area contributed by atoms with Crippen LogP contribution in [0.1, 0.15) is 59.7 Å². The molecule has 1 N–H and O–H groups in total. The molecule has 2 rings (SSSR count). The first kappa shape index (κ1) is 21.9. The van der Waals surface area contributed by atoms with Crippen LogP contribution in [0, 0.1) is 5.41 Å². The van der Waals surface area contributed by atoms with Crippen molar-refractivity contribution in [2.24, 2.45) is 5.41 Å². The molecular formula is C22H33N3O3. The second-order valence-corrected chi connectivity index (χ2v) is 8.46. The number of esters is 1. The number of amides is 1. The van der Waals surface area contributed by atoms with Crippen LogP contribution in [0.2, 0.25) is 0 Å². The van der Waals surface area contributed by atoms with E-state index in [2.05, 4.69) is 5.32 Å². The Morgan fingerprint density at radius 2 is 1.86 bits per heavy atom. The van der Waals surface area contributed by atoms with E-state index in [-0.39, 0.29) is 29.9 Å². The lowest BCUT2D eigenvalue weighted by atomic mass is 9.96. The number of rotatable bonds is 9. The molecule has 2 aromatic rings. The zero-order chi connectivity index (χ0) is 20.7. The van der Waals surface area contributed by atoms with Crippen LogP contribution in [-0.2, 0) is 27.3 Å². The van der Waals surface area contributed by atoms with E-state index in [9.17, 15) is 9.59 Å². The van der Waals surface area contributed by atoms with Crippen molar-refractivity contribution < 1.29 is 14.3 Å². The minimum absolute atomic E-state index is 0.0814. The molecule has 0 bridgehead atoms. The number of hydrogen-bond donors (Lipinski definition) is 1. The van der Waals surface area contributed by atoms with Crippen molar-refractivity contribution >= 4 is 22.9 Å². The summed E-state index contributed by atoms with van der Waals surface area (Å²) in [4.78, 5) is 28.7. The number of aromatic nitrogens is 2. The largest absolute Gasteiger partial charge is 0.462 e. The smallest absolute Gasteiger partial charge is 0.326 e. The number of imidazole rings is 1. The third-order valence-electron chi connectivity index (χ3n) is 4.43. The van der Waals surface area contributed by atoms with Crippen molar-refractivity contribution in [2.45, 2.75) is 73.0 Å². The number of nitrogens with zero attached hydrogens (tertiary/aromatic N) is 2. The first-order valence-electron chi connectivity index (χ1n) is 10.1. The summed E-state index contributed by atoms with van der Waals surface area (Å²) in [5.74, 6) is 0.739. The zero-order valence-corrected chi connectivity index (χ0v) is 17.7. The molecule has 0 radical (unpaired) electrons. The summed E-state index contributed by atoms with van der Waals surface area (Å²) in [6.45, 7) is 10.3. The first-order chi connectivity index (χ1) is 13.2. The Morgan fingerprint density at radius 3 is 2.54 bits per heavy atom. The van der Waals surface area contributed by atoms with Gasteiger partial charge in [-0.3, -0.25) is 9.59 Å². The average Bonchev–Trinajstić information content (AvgIpc) is 2.94. The Morgan fingerprint density at radius 1 is 1.14 bits per heavy atom. The van der Waals surface area contributed by atoms with Crippen molar-refractivity contribution in [2.75, 3.05) is 6.54 Å². The standard InChI is InChI=1S/C22H33N3O3/c1-16(2)28-20(26)15-25-18-12-9-8-11-17(18)24-19(25)13-7-6-10-14-23-21(27)22(3,4)5/h8-9,11-12,16H,6-7,10,13-15H2,1-5H3,(H,23,27). The Bertz CT molecular complexity index is 803. The number of aryl methyl sites for hydroxylation is 1. The van der Waals surface area contributed by atoms with Crippen LogP contribution in [0.4, 0.5) is 0 Å². The second kappa shape index (κ2) is 9.71. The molecule has 0 spiro atoms. The van der Waals surface area contributed by atoms with Gasteiger partial charge in [-0.25, -0.2) is 4.98 Å². The van der Waals surface area contributed by atoms with Gasteiger partial charge in [-0.05, 0) is 38.8 Å². The van der Waals surface area contributed by atoms with Crippen molar-refractivity contribution in [3.05, 3.63) is 30.1 Å². The molecule has 0 aliphatic carbocycles. The SMILES string of the molecule is CC(C)OC(=O)Cn1c(CCCCCNC(=O)C(C)(C)C)nc2ccccc21. The molecule has 1 aromatic heterocycles. The summed E-state index contributed by atoms with van der Waals surface area (Å²) in [5, 5.41) is 2.98. The quantitative estimate of drug-likeness (QED) is 0.524. The van der Waals surface area contributed by atoms with Crippen LogP contribution in [-0.4, -0.2) is 34.1 Å². The van der Waals surface area contributed by atoms with Gasteiger partial charge in [-0.15, -0.1) is 0 Å². The summed E-state index contributed by atoms with van der Waals surface area (Å²) in [6, 6.07) is 7.85. The van der Waals surface area contributed by atoms with Crippen LogP contribution >= 0.6 is 0 Å². The second-order valence-electron chi connectivity index (χ2n) is 8.46. The minimum atomic E-state index is -0.352. The maximum Gasteiger partial charge on any atom is 0.326 e. The normalized spacial score (nSPS) is 11.8. The molecule has 1 heterocycles. The van der Waals surface area contributed by atoms with Gasteiger partial charge in [0.1, 0.15) is 12.4 Å². The predicted octanol–water partition coefficient (Wildman–Crippen LogP) is 3.86. The lowest BCUT2D eigenvalue weighted by Gasteiger charge is -2.17. The van der Waals surface area contributed by atoms with Crippen LogP contribution in [0.3, 0.4) is 0 Å². The highest BCUT2D eigenvalue weighted by Gasteiger charge is 2.20. The predicted molar refractivity (Wildman–Crippen MR) is 111 cm³/mol. The topological polar surface area (TPSA) is 73.2 Å². The Kier molecular flexibility index (Phi) is 7.61. The highest BCUT2D eigenvalue weighted by Crippen LogP contribution is 2.18.